The summed E-state index contributed by atoms with van der Waals surface area (Å²) in [4.78, 5) is 0. The van der Waals surface area contributed by atoms with E-state index in [1.165, 1.54) is 0 Å². The van der Waals surface area contributed by atoms with Crippen LogP contribution in [0.25, 0.3) is 0 Å². The lowest BCUT2D eigenvalue weighted by molar-refractivity contribution is 0.600. The highest BCUT2D eigenvalue weighted by Gasteiger charge is 2.14. The maximum absolute atomic E-state index is 10.9. The van der Waals surface area contributed by atoms with Crippen molar-refractivity contribution in [1.29, 1.82) is 0 Å². The lowest BCUT2D eigenvalue weighted by Gasteiger charge is -1.86. The summed E-state index contributed by atoms with van der Waals surface area (Å²) in [6, 6.07) is 0. The summed E-state index contributed by atoms with van der Waals surface area (Å²) < 4.78 is 43.7. The molecule has 7 nitrogen and oxygen atoms in total. The van der Waals surface area contributed by atoms with Crippen LogP contribution in [0.2, 0.25) is 0 Å². The van der Waals surface area contributed by atoms with Crippen LogP contribution in [0.15, 0.2) is 4.34 Å². The molecule has 0 aliphatic heterocycles. The quantitative estimate of drug-likeness (QED) is 0.651. The van der Waals surface area contributed by atoms with Gasteiger partial charge in [-0.15, -0.1) is 10.2 Å². The van der Waals surface area contributed by atoms with Crippen molar-refractivity contribution in [3.63, 3.8) is 0 Å². The minimum absolute atomic E-state index is 0.0588. The normalized spacial score (nSPS) is 11.8. The van der Waals surface area contributed by atoms with Gasteiger partial charge in [0.15, 0.2) is 0 Å². The number of thiol groups is 1. The summed E-state index contributed by atoms with van der Waals surface area (Å²) >= 11 is 0.663. The predicted octanol–water partition coefficient (Wildman–Crippen LogP) is -1.12. The molecule has 0 radical (unpaired) electrons. The number of hydrogen-bond donors (Lipinski definition) is 2. The van der Waals surface area contributed by atoms with Gasteiger partial charge in [0, 0.05) is 6.26 Å². The van der Waals surface area contributed by atoms with Gasteiger partial charge in [0.05, 0.1) is 0 Å². The maximum atomic E-state index is 10.9. The second-order valence-electron chi connectivity index (χ2n) is 2.01. The zero-order valence-corrected chi connectivity index (χ0v) is 8.82. The molecule has 0 saturated carbocycles. The molecule has 0 aromatic carbocycles. The van der Waals surface area contributed by atoms with Crippen molar-refractivity contribution in [2.75, 3.05) is 11.0 Å². The van der Waals surface area contributed by atoms with E-state index in [9.17, 15) is 16.8 Å². The Balaban J connectivity index is 3.00. The van der Waals surface area contributed by atoms with Crippen LogP contribution in [0, 0.1) is 0 Å². The van der Waals surface area contributed by atoms with Crippen LogP contribution in [0.5, 0.6) is 0 Å². The molecule has 1 aromatic rings. The van der Waals surface area contributed by atoms with Crippen LogP contribution in [0.3, 0.4) is 0 Å². The molecule has 0 aliphatic carbocycles. The molecule has 1 heterocycles. The number of anilines is 1. The second-order valence-corrected chi connectivity index (χ2v) is 5.92. The summed E-state index contributed by atoms with van der Waals surface area (Å²) in [5, 5.41) is 6.55. The molecule has 10 heteroatoms. The summed E-state index contributed by atoms with van der Waals surface area (Å²) in [6.45, 7) is 0. The third-order valence-electron chi connectivity index (χ3n) is 0.911. The zero-order valence-electron chi connectivity index (χ0n) is 6.29. The predicted molar refractivity (Wildman–Crippen MR) is 47.0 cm³/mol. The minimum Gasteiger partial charge on any atom is -0.259 e. The molecule has 0 unspecified atom stereocenters. The highest BCUT2D eigenvalue weighted by Crippen LogP contribution is 2.18. The second kappa shape index (κ2) is 3.55. The van der Waals surface area contributed by atoms with Crippen LogP contribution < -0.4 is 4.72 Å². The van der Waals surface area contributed by atoms with Crippen molar-refractivity contribution < 1.29 is 16.8 Å². The SMILES string of the molecule is CS(=O)(=O)c1nnc(N[SH](=O)=O)s1. The Labute approximate surface area is 79.8 Å². The monoisotopic (exact) mass is 243 g/mol. The fourth-order valence-electron chi connectivity index (χ4n) is 0.483. The molecule has 13 heavy (non-hydrogen) atoms. The van der Waals surface area contributed by atoms with Gasteiger partial charge in [-0.25, -0.2) is 16.8 Å². The third-order valence-corrected chi connectivity index (χ3v) is 3.96. The first-order valence-electron chi connectivity index (χ1n) is 2.84. The van der Waals surface area contributed by atoms with Gasteiger partial charge < -0.3 is 0 Å². The molecule has 74 valence electrons. The molecule has 0 aliphatic rings. The maximum Gasteiger partial charge on any atom is 0.234 e. The van der Waals surface area contributed by atoms with Crippen LogP contribution in [0.1, 0.15) is 0 Å². The van der Waals surface area contributed by atoms with E-state index in [0.717, 1.165) is 6.26 Å². The molecule has 1 aromatic heterocycles. The van der Waals surface area contributed by atoms with E-state index in [-0.39, 0.29) is 9.47 Å². The summed E-state index contributed by atoms with van der Waals surface area (Å²) in [7, 11) is -6.25. The number of rotatable bonds is 3. The number of hydrogen-bond acceptors (Lipinski definition) is 7. The fourth-order valence-corrected chi connectivity index (χ4v) is 2.45. The fraction of sp³-hybridized carbons (Fsp3) is 0.333. The van der Waals surface area contributed by atoms with E-state index in [1.807, 2.05) is 4.72 Å². The van der Waals surface area contributed by atoms with Crippen molar-refractivity contribution in [3.8, 4) is 0 Å². The average Bonchev–Trinajstić information content (AvgIpc) is 2.32. The van der Waals surface area contributed by atoms with Gasteiger partial charge in [0.1, 0.15) is 0 Å². The van der Waals surface area contributed by atoms with E-state index in [4.69, 9.17) is 0 Å². The number of aromatic nitrogens is 2. The van der Waals surface area contributed by atoms with Gasteiger partial charge in [-0.2, -0.15) is 0 Å². The molecule has 1 rings (SSSR count). The van der Waals surface area contributed by atoms with Crippen molar-refractivity contribution in [2.45, 2.75) is 4.34 Å². The van der Waals surface area contributed by atoms with Gasteiger partial charge >= 0.3 is 0 Å². The molecule has 0 bridgehead atoms. The van der Waals surface area contributed by atoms with Gasteiger partial charge in [0.2, 0.25) is 30.2 Å². The molecule has 0 amide bonds. The summed E-state index contributed by atoms with van der Waals surface area (Å²) in [6.07, 6.45) is 0.967. The van der Waals surface area contributed by atoms with Gasteiger partial charge in [-0.1, -0.05) is 11.3 Å². The van der Waals surface area contributed by atoms with Crippen molar-refractivity contribution >= 4 is 37.2 Å². The largest absolute Gasteiger partial charge is 0.259 e. The minimum atomic E-state index is -3.41. The zero-order chi connectivity index (χ0) is 10.1. The van der Waals surface area contributed by atoms with Gasteiger partial charge in [0.25, 0.3) is 0 Å². The van der Waals surface area contributed by atoms with E-state index in [0.29, 0.717) is 11.3 Å². The van der Waals surface area contributed by atoms with Crippen molar-refractivity contribution in [1.82, 2.24) is 10.2 Å². The third kappa shape index (κ3) is 2.90. The van der Waals surface area contributed by atoms with Crippen LogP contribution >= 0.6 is 11.3 Å². The van der Waals surface area contributed by atoms with Crippen LogP contribution in [-0.4, -0.2) is 33.3 Å². The Morgan fingerprint density at radius 3 is 2.38 bits per heavy atom. The highest BCUT2D eigenvalue weighted by atomic mass is 32.2. The van der Waals surface area contributed by atoms with Gasteiger partial charge in [-0.05, 0) is 0 Å². The highest BCUT2D eigenvalue weighted by molar-refractivity contribution is 7.92. The number of nitrogens with zero attached hydrogens (tertiary/aromatic N) is 2. The molecule has 0 fully saturated rings. The summed E-state index contributed by atoms with van der Waals surface area (Å²) in [5.74, 6) is 0. The molecular weight excluding hydrogens is 238 g/mol. The van der Waals surface area contributed by atoms with E-state index in [2.05, 4.69) is 10.2 Å². The molecule has 0 atom stereocenters. The van der Waals surface area contributed by atoms with Crippen LogP contribution in [-0.2, 0) is 20.7 Å². The first-order valence-corrected chi connectivity index (χ1v) is 6.73. The average molecular weight is 243 g/mol. The Bertz CT molecular complexity index is 464. The lowest BCUT2D eigenvalue weighted by atomic mass is 11.3. The Hall–Kier alpha value is -0.740. The van der Waals surface area contributed by atoms with Crippen LogP contribution in [0.4, 0.5) is 5.13 Å². The van der Waals surface area contributed by atoms with E-state index < -0.39 is 20.7 Å². The first-order chi connectivity index (χ1) is 5.89. The van der Waals surface area contributed by atoms with E-state index >= 15 is 0 Å². The standard InChI is InChI=1S/C3H5N3O4S3/c1-13(9,10)3-5-4-2(11-3)6-12(7)8/h12H,1H3,(H,4,6,7,8). The number of nitrogens with one attached hydrogen (secondary N) is 1. The molecule has 0 saturated heterocycles. The molecule has 0 spiro atoms. The lowest BCUT2D eigenvalue weighted by Crippen LogP contribution is -1.95. The Morgan fingerprint density at radius 2 is 2.00 bits per heavy atom. The Kier molecular flexibility index (Phi) is 2.83. The Morgan fingerprint density at radius 1 is 1.38 bits per heavy atom. The first kappa shape index (κ1) is 10.3. The smallest absolute Gasteiger partial charge is 0.234 e. The van der Waals surface area contributed by atoms with Crippen molar-refractivity contribution in [3.05, 3.63) is 0 Å². The van der Waals surface area contributed by atoms with Gasteiger partial charge in [-0.3, -0.25) is 4.72 Å². The molecular formula is C3H5N3O4S3. The number of sulfone groups is 1. The van der Waals surface area contributed by atoms with E-state index in [1.54, 1.807) is 0 Å². The van der Waals surface area contributed by atoms with Crippen molar-refractivity contribution in [2.24, 2.45) is 0 Å². The summed E-state index contributed by atoms with van der Waals surface area (Å²) in [5.41, 5.74) is 0. The molecule has 1 N–H and O–H groups in total. The topological polar surface area (TPSA) is 106 Å².